The van der Waals surface area contributed by atoms with Gasteiger partial charge in [0.15, 0.2) is 11.8 Å². The van der Waals surface area contributed by atoms with E-state index in [-0.39, 0.29) is 24.4 Å². The van der Waals surface area contributed by atoms with Crippen molar-refractivity contribution >= 4 is 5.91 Å². The standard InChI is InChI=1S/C20H26N2O4.ClH/c1-2-10-25-17-6-3-5-16(14-17)20(23)21-15-18(19-7-4-11-26-19)22-8-12-24-13-9-22;/h3-7,11,14,18H,2,8-10,12-13,15H2,1H3,(H,21,23);1H. The summed E-state index contributed by atoms with van der Waals surface area (Å²) in [4.78, 5) is 14.0. The molecule has 27 heavy (non-hydrogen) atoms. The van der Waals surface area contributed by atoms with Gasteiger partial charge in [0, 0.05) is 5.56 Å². The molecule has 1 aliphatic heterocycles. The molecule has 0 radical (unpaired) electrons. The van der Waals surface area contributed by atoms with E-state index in [0.717, 1.165) is 44.2 Å². The quantitative estimate of drug-likeness (QED) is 0.569. The highest BCUT2D eigenvalue weighted by molar-refractivity contribution is 5.94. The fourth-order valence-corrected chi connectivity index (χ4v) is 3.16. The third kappa shape index (κ3) is 5.99. The van der Waals surface area contributed by atoms with E-state index in [2.05, 4.69) is 12.2 Å². The molecular formula is C20H27ClN2O4. The number of ether oxygens (including phenoxy) is 2. The number of nitrogens with one attached hydrogen (secondary N) is 2. The second-order valence-electron chi connectivity index (χ2n) is 6.42. The number of hydrogen-bond donors (Lipinski definition) is 2. The Labute approximate surface area is 166 Å². The molecule has 2 heterocycles. The van der Waals surface area contributed by atoms with Gasteiger partial charge in [0.25, 0.3) is 5.91 Å². The van der Waals surface area contributed by atoms with Crippen LogP contribution in [-0.4, -0.2) is 45.4 Å². The van der Waals surface area contributed by atoms with Crippen molar-refractivity contribution in [3.63, 3.8) is 0 Å². The van der Waals surface area contributed by atoms with Gasteiger partial charge in [0.05, 0.1) is 32.6 Å². The number of benzene rings is 1. The van der Waals surface area contributed by atoms with Crippen molar-refractivity contribution in [1.29, 1.82) is 0 Å². The predicted molar refractivity (Wildman–Crippen MR) is 97.5 cm³/mol. The van der Waals surface area contributed by atoms with E-state index in [4.69, 9.17) is 13.9 Å². The number of hydrogen-bond acceptors (Lipinski definition) is 4. The van der Waals surface area contributed by atoms with Gasteiger partial charge >= 0.3 is 0 Å². The molecule has 0 bridgehead atoms. The highest BCUT2D eigenvalue weighted by Gasteiger charge is 2.29. The maximum atomic E-state index is 12.6. The highest BCUT2D eigenvalue weighted by Crippen LogP contribution is 2.14. The molecule has 0 aliphatic carbocycles. The lowest BCUT2D eigenvalue weighted by atomic mass is 10.1. The van der Waals surface area contributed by atoms with Crippen LogP contribution < -0.4 is 27.4 Å². The summed E-state index contributed by atoms with van der Waals surface area (Å²) in [6.07, 6.45) is 2.61. The van der Waals surface area contributed by atoms with Crippen LogP contribution in [0, 0.1) is 0 Å². The Bertz CT molecular complexity index is 687. The van der Waals surface area contributed by atoms with Gasteiger partial charge < -0.3 is 36.5 Å². The summed E-state index contributed by atoms with van der Waals surface area (Å²) in [5.74, 6) is 1.51. The number of quaternary nitrogens is 1. The Morgan fingerprint density at radius 1 is 1.26 bits per heavy atom. The fourth-order valence-electron chi connectivity index (χ4n) is 3.16. The predicted octanol–water partition coefficient (Wildman–Crippen LogP) is -1.54. The van der Waals surface area contributed by atoms with Crippen molar-refractivity contribution in [1.82, 2.24) is 5.32 Å². The van der Waals surface area contributed by atoms with E-state index in [9.17, 15) is 4.79 Å². The zero-order valence-electron chi connectivity index (χ0n) is 15.6. The Hall–Kier alpha value is -2.02. The monoisotopic (exact) mass is 394 g/mol. The summed E-state index contributed by atoms with van der Waals surface area (Å²) in [6, 6.07) is 11.2. The second-order valence-corrected chi connectivity index (χ2v) is 6.42. The van der Waals surface area contributed by atoms with Gasteiger partial charge in [-0.3, -0.25) is 4.79 Å². The lowest BCUT2D eigenvalue weighted by molar-refractivity contribution is -0.938. The lowest BCUT2D eigenvalue weighted by Gasteiger charge is -2.30. The Kier molecular flexibility index (Phi) is 8.64. The molecular weight excluding hydrogens is 368 g/mol. The third-order valence-corrected chi connectivity index (χ3v) is 4.55. The molecule has 1 fully saturated rings. The average Bonchev–Trinajstić information content (AvgIpc) is 3.22. The van der Waals surface area contributed by atoms with Crippen LogP contribution in [0.2, 0.25) is 0 Å². The minimum Gasteiger partial charge on any atom is -1.00 e. The molecule has 1 atom stereocenters. The van der Waals surface area contributed by atoms with E-state index < -0.39 is 0 Å². The molecule has 1 unspecified atom stereocenters. The van der Waals surface area contributed by atoms with Crippen molar-refractivity contribution in [2.75, 3.05) is 39.5 Å². The molecule has 1 aliphatic rings. The summed E-state index contributed by atoms with van der Waals surface area (Å²) in [7, 11) is 0. The number of halogens is 1. The summed E-state index contributed by atoms with van der Waals surface area (Å²) >= 11 is 0. The molecule has 1 aromatic heterocycles. The average molecular weight is 395 g/mol. The Morgan fingerprint density at radius 2 is 2.07 bits per heavy atom. The van der Waals surface area contributed by atoms with Crippen LogP contribution in [0.3, 0.4) is 0 Å². The van der Waals surface area contributed by atoms with Crippen LogP contribution in [0.5, 0.6) is 5.75 Å². The molecule has 2 N–H and O–H groups in total. The largest absolute Gasteiger partial charge is 1.00 e. The molecule has 0 spiro atoms. The number of rotatable bonds is 8. The molecule has 7 heteroatoms. The van der Waals surface area contributed by atoms with Gasteiger partial charge in [-0.25, -0.2) is 0 Å². The van der Waals surface area contributed by atoms with Gasteiger partial charge in [0.2, 0.25) is 0 Å². The summed E-state index contributed by atoms with van der Waals surface area (Å²) < 4.78 is 16.7. The van der Waals surface area contributed by atoms with Crippen LogP contribution in [0.25, 0.3) is 0 Å². The van der Waals surface area contributed by atoms with E-state index in [1.165, 1.54) is 4.90 Å². The number of carbonyl (C=O) groups excluding carboxylic acids is 1. The first-order valence-electron chi connectivity index (χ1n) is 9.24. The molecule has 2 aromatic rings. The summed E-state index contributed by atoms with van der Waals surface area (Å²) in [6.45, 7) is 6.49. The van der Waals surface area contributed by atoms with Crippen molar-refractivity contribution in [2.45, 2.75) is 19.4 Å². The third-order valence-electron chi connectivity index (χ3n) is 4.55. The summed E-state index contributed by atoms with van der Waals surface area (Å²) in [5, 5.41) is 3.05. The van der Waals surface area contributed by atoms with E-state index in [1.54, 1.807) is 18.4 Å². The smallest absolute Gasteiger partial charge is 0.251 e. The summed E-state index contributed by atoms with van der Waals surface area (Å²) in [5.41, 5.74) is 0.605. The van der Waals surface area contributed by atoms with Crippen LogP contribution in [-0.2, 0) is 4.74 Å². The molecule has 6 nitrogen and oxygen atoms in total. The fraction of sp³-hybridized carbons (Fsp3) is 0.450. The van der Waals surface area contributed by atoms with E-state index >= 15 is 0 Å². The van der Waals surface area contributed by atoms with Crippen molar-refractivity contribution in [2.24, 2.45) is 0 Å². The number of carbonyl (C=O) groups is 1. The molecule has 3 rings (SSSR count). The number of morpholine rings is 1. The first kappa shape index (κ1) is 21.3. The van der Waals surface area contributed by atoms with Crippen LogP contribution in [0.4, 0.5) is 0 Å². The zero-order valence-corrected chi connectivity index (χ0v) is 16.3. The number of amides is 1. The van der Waals surface area contributed by atoms with Gasteiger partial charge in [-0.15, -0.1) is 0 Å². The van der Waals surface area contributed by atoms with E-state index in [1.807, 2.05) is 24.3 Å². The SMILES string of the molecule is CCCOc1cccc(C(=O)NCC(c2ccco2)[NH+]2CCOCC2)c1.[Cl-]. The molecule has 1 amide bonds. The maximum absolute atomic E-state index is 12.6. The first-order valence-corrected chi connectivity index (χ1v) is 9.24. The van der Waals surface area contributed by atoms with Gasteiger partial charge in [-0.2, -0.15) is 0 Å². The Balaban J connectivity index is 0.00000261. The normalized spacial score (nSPS) is 15.6. The van der Waals surface area contributed by atoms with Gasteiger partial charge in [-0.05, 0) is 36.8 Å². The molecule has 1 saturated heterocycles. The first-order chi connectivity index (χ1) is 12.8. The number of furan rings is 1. The van der Waals surface area contributed by atoms with Gasteiger partial charge in [-0.1, -0.05) is 13.0 Å². The van der Waals surface area contributed by atoms with E-state index in [0.29, 0.717) is 18.7 Å². The highest BCUT2D eigenvalue weighted by atomic mass is 35.5. The topological polar surface area (TPSA) is 65.1 Å². The van der Waals surface area contributed by atoms with Crippen LogP contribution in [0.1, 0.15) is 35.5 Å². The van der Waals surface area contributed by atoms with Gasteiger partial charge in [0.1, 0.15) is 18.8 Å². The zero-order chi connectivity index (χ0) is 18.2. The second kappa shape index (κ2) is 11.0. The van der Waals surface area contributed by atoms with Crippen molar-refractivity contribution in [3.05, 3.63) is 54.0 Å². The van der Waals surface area contributed by atoms with Crippen LogP contribution >= 0.6 is 0 Å². The molecule has 0 saturated carbocycles. The van der Waals surface area contributed by atoms with Crippen LogP contribution in [0.15, 0.2) is 47.1 Å². The maximum Gasteiger partial charge on any atom is 0.251 e. The molecule has 148 valence electrons. The minimum atomic E-state index is -0.101. The lowest BCUT2D eigenvalue weighted by Crippen LogP contribution is -3.15. The minimum absolute atomic E-state index is 0. The Morgan fingerprint density at radius 3 is 2.78 bits per heavy atom. The van der Waals surface area contributed by atoms with Crippen molar-refractivity contribution < 1.29 is 36.0 Å². The molecule has 1 aromatic carbocycles. The van der Waals surface area contributed by atoms with Crippen molar-refractivity contribution in [3.8, 4) is 5.75 Å².